The normalized spacial score (nSPS) is 17.8. The number of fused-ring (bicyclic) bond motifs is 1. The number of carbonyl (C=O) groups is 4. The van der Waals surface area contributed by atoms with E-state index < -0.39 is 23.9 Å². The van der Waals surface area contributed by atoms with Gasteiger partial charge in [-0.2, -0.15) is 0 Å². The average Bonchev–Trinajstić information content (AvgIpc) is 3.37. The summed E-state index contributed by atoms with van der Waals surface area (Å²) >= 11 is 0. The lowest BCUT2D eigenvalue weighted by atomic mass is 9.87. The van der Waals surface area contributed by atoms with Gasteiger partial charge in [-0.3, -0.25) is 14.4 Å². The van der Waals surface area contributed by atoms with E-state index in [4.69, 9.17) is 4.74 Å². The monoisotopic (exact) mass is 456 g/mol. The van der Waals surface area contributed by atoms with Crippen LogP contribution < -0.4 is 20.7 Å². The van der Waals surface area contributed by atoms with Crippen molar-refractivity contribution in [3.63, 3.8) is 0 Å². The molecule has 1 saturated heterocycles. The molecule has 1 aliphatic rings. The summed E-state index contributed by atoms with van der Waals surface area (Å²) in [6.07, 6.45) is 1.87. The molecule has 1 aromatic heterocycles. The van der Waals surface area contributed by atoms with Crippen LogP contribution in [-0.4, -0.2) is 54.7 Å². The molecule has 0 spiro atoms. The van der Waals surface area contributed by atoms with Crippen molar-refractivity contribution >= 4 is 34.9 Å². The summed E-state index contributed by atoms with van der Waals surface area (Å²) in [5.41, 5.74) is 0.781. The standard InChI is InChI=1S/C24H32N4O5/c1-24(2,3)12-19(23(32)26-15(13-29)10-14-8-9-25-21(14)30)28-22(31)18-11-16-17(27-18)6-5-7-20(16)33-4/h5-7,11,13-15,19,27H,8-10,12H2,1-4H3,(H,25,30)(H,26,32)(H,28,31)/t14-,15-,19-/m0/s1. The van der Waals surface area contributed by atoms with E-state index in [0.717, 1.165) is 10.9 Å². The highest BCUT2D eigenvalue weighted by atomic mass is 16.5. The van der Waals surface area contributed by atoms with E-state index in [0.29, 0.717) is 37.1 Å². The predicted molar refractivity (Wildman–Crippen MR) is 124 cm³/mol. The number of amides is 3. The van der Waals surface area contributed by atoms with Gasteiger partial charge >= 0.3 is 0 Å². The Morgan fingerprint density at radius 1 is 1.27 bits per heavy atom. The Kier molecular flexibility index (Phi) is 7.40. The Morgan fingerprint density at radius 3 is 2.64 bits per heavy atom. The van der Waals surface area contributed by atoms with Gasteiger partial charge in [0.25, 0.3) is 5.91 Å². The van der Waals surface area contributed by atoms with Crippen LogP contribution in [0.4, 0.5) is 0 Å². The van der Waals surface area contributed by atoms with Crippen LogP contribution in [0.2, 0.25) is 0 Å². The fourth-order valence-electron chi connectivity index (χ4n) is 4.09. The summed E-state index contributed by atoms with van der Waals surface area (Å²) in [7, 11) is 1.56. The van der Waals surface area contributed by atoms with E-state index in [1.54, 1.807) is 19.2 Å². The van der Waals surface area contributed by atoms with Crippen LogP contribution in [0.1, 0.15) is 50.5 Å². The van der Waals surface area contributed by atoms with Crippen molar-refractivity contribution in [1.29, 1.82) is 0 Å². The van der Waals surface area contributed by atoms with Crippen LogP contribution >= 0.6 is 0 Å². The number of H-pyrrole nitrogens is 1. The highest BCUT2D eigenvalue weighted by molar-refractivity contribution is 6.01. The van der Waals surface area contributed by atoms with E-state index >= 15 is 0 Å². The zero-order valence-electron chi connectivity index (χ0n) is 19.5. The van der Waals surface area contributed by atoms with Gasteiger partial charge in [0.2, 0.25) is 11.8 Å². The van der Waals surface area contributed by atoms with Gasteiger partial charge in [0, 0.05) is 23.4 Å². The summed E-state index contributed by atoms with van der Waals surface area (Å²) in [6, 6.07) is 5.48. The van der Waals surface area contributed by atoms with Crippen LogP contribution in [0.3, 0.4) is 0 Å². The van der Waals surface area contributed by atoms with Crippen LogP contribution in [0.25, 0.3) is 10.9 Å². The number of carbonyl (C=O) groups excluding carboxylic acids is 4. The number of rotatable bonds is 9. The quantitative estimate of drug-likeness (QED) is 0.429. The molecule has 4 N–H and O–H groups in total. The molecule has 3 rings (SSSR count). The second kappa shape index (κ2) is 10.1. The van der Waals surface area contributed by atoms with Crippen LogP contribution in [0.15, 0.2) is 24.3 Å². The smallest absolute Gasteiger partial charge is 0.268 e. The molecule has 0 radical (unpaired) electrons. The van der Waals surface area contributed by atoms with Gasteiger partial charge in [0.1, 0.15) is 23.8 Å². The molecule has 0 saturated carbocycles. The Hall–Kier alpha value is -3.36. The first kappa shape index (κ1) is 24.3. The third-order valence-electron chi connectivity index (χ3n) is 5.72. The molecule has 0 unspecified atom stereocenters. The highest BCUT2D eigenvalue weighted by Crippen LogP contribution is 2.26. The van der Waals surface area contributed by atoms with Crippen LogP contribution in [0, 0.1) is 11.3 Å². The first-order chi connectivity index (χ1) is 15.6. The molecular weight excluding hydrogens is 424 g/mol. The Labute approximate surface area is 193 Å². The number of hydrogen-bond acceptors (Lipinski definition) is 5. The number of aromatic amines is 1. The largest absolute Gasteiger partial charge is 0.496 e. The Bertz CT molecular complexity index is 1040. The molecule has 1 aliphatic heterocycles. The topological polar surface area (TPSA) is 129 Å². The minimum absolute atomic E-state index is 0.107. The van der Waals surface area contributed by atoms with Gasteiger partial charge in [-0.1, -0.05) is 26.8 Å². The maximum atomic E-state index is 13.1. The number of methoxy groups -OCH3 is 1. The Morgan fingerprint density at radius 2 is 2.03 bits per heavy atom. The summed E-state index contributed by atoms with van der Waals surface area (Å²) in [5, 5.41) is 9.00. The third-order valence-corrected chi connectivity index (χ3v) is 5.72. The average molecular weight is 457 g/mol. The fraction of sp³-hybridized carbons (Fsp3) is 0.500. The number of aldehydes is 1. The number of benzene rings is 1. The molecule has 1 aromatic carbocycles. The van der Waals surface area contributed by atoms with Gasteiger partial charge in [-0.15, -0.1) is 0 Å². The van der Waals surface area contributed by atoms with Crippen molar-refractivity contribution in [2.75, 3.05) is 13.7 Å². The maximum absolute atomic E-state index is 13.1. The molecule has 2 aromatic rings. The highest BCUT2D eigenvalue weighted by Gasteiger charge is 2.31. The predicted octanol–water partition coefficient (Wildman–Crippen LogP) is 1.92. The van der Waals surface area contributed by atoms with E-state index in [2.05, 4.69) is 20.9 Å². The van der Waals surface area contributed by atoms with Crippen LogP contribution in [-0.2, 0) is 14.4 Å². The van der Waals surface area contributed by atoms with Gasteiger partial charge in [0.15, 0.2) is 0 Å². The molecule has 9 nitrogen and oxygen atoms in total. The number of hydrogen-bond donors (Lipinski definition) is 4. The molecule has 0 aliphatic carbocycles. The fourth-order valence-corrected chi connectivity index (χ4v) is 4.09. The molecule has 0 bridgehead atoms. The summed E-state index contributed by atoms with van der Waals surface area (Å²) in [6.45, 7) is 6.47. The van der Waals surface area contributed by atoms with Gasteiger partial charge in [-0.25, -0.2) is 0 Å². The van der Waals surface area contributed by atoms with E-state index in [1.807, 2.05) is 32.9 Å². The molecule has 2 heterocycles. The van der Waals surface area contributed by atoms with E-state index in [1.165, 1.54) is 0 Å². The van der Waals surface area contributed by atoms with Crippen molar-refractivity contribution in [2.45, 2.75) is 52.1 Å². The molecule has 33 heavy (non-hydrogen) atoms. The lowest BCUT2D eigenvalue weighted by Gasteiger charge is -2.27. The second-order valence-corrected chi connectivity index (χ2v) is 9.66. The third kappa shape index (κ3) is 6.12. The molecule has 9 heteroatoms. The van der Waals surface area contributed by atoms with Crippen molar-refractivity contribution in [3.05, 3.63) is 30.0 Å². The van der Waals surface area contributed by atoms with Gasteiger partial charge in [-0.05, 0) is 42.9 Å². The van der Waals surface area contributed by atoms with Crippen molar-refractivity contribution in [3.8, 4) is 5.75 Å². The number of aromatic nitrogens is 1. The van der Waals surface area contributed by atoms with Gasteiger partial charge in [0.05, 0.1) is 13.2 Å². The molecule has 1 fully saturated rings. The first-order valence-corrected chi connectivity index (χ1v) is 11.1. The molecule has 178 valence electrons. The number of ether oxygens (including phenoxy) is 1. The lowest BCUT2D eigenvalue weighted by molar-refractivity contribution is -0.127. The van der Waals surface area contributed by atoms with E-state index in [9.17, 15) is 19.2 Å². The SMILES string of the molecule is COc1cccc2[nH]c(C(=O)N[C@@H](CC(C)(C)C)C(=O)N[C@H](C=O)C[C@@H]3CCNC3=O)cc12. The maximum Gasteiger partial charge on any atom is 0.268 e. The van der Waals surface area contributed by atoms with Gasteiger partial charge < -0.3 is 30.5 Å². The van der Waals surface area contributed by atoms with E-state index in [-0.39, 0.29) is 23.7 Å². The van der Waals surface area contributed by atoms with Crippen molar-refractivity contribution < 1.29 is 23.9 Å². The molecule has 3 atom stereocenters. The summed E-state index contributed by atoms with van der Waals surface area (Å²) in [5.74, 6) is -0.670. The van der Waals surface area contributed by atoms with Crippen molar-refractivity contribution in [1.82, 2.24) is 20.9 Å². The minimum atomic E-state index is -0.856. The lowest BCUT2D eigenvalue weighted by Crippen LogP contribution is -2.51. The summed E-state index contributed by atoms with van der Waals surface area (Å²) in [4.78, 5) is 52.6. The van der Waals surface area contributed by atoms with Crippen molar-refractivity contribution in [2.24, 2.45) is 11.3 Å². The first-order valence-electron chi connectivity index (χ1n) is 11.1. The number of nitrogens with one attached hydrogen (secondary N) is 4. The summed E-state index contributed by atoms with van der Waals surface area (Å²) < 4.78 is 5.35. The Balaban J connectivity index is 1.74. The van der Waals surface area contributed by atoms with Crippen LogP contribution in [0.5, 0.6) is 5.75 Å². The molecule has 3 amide bonds. The zero-order chi connectivity index (χ0) is 24.2. The minimum Gasteiger partial charge on any atom is -0.496 e. The molecular formula is C24H32N4O5. The zero-order valence-corrected chi connectivity index (χ0v) is 19.5. The second-order valence-electron chi connectivity index (χ2n) is 9.66.